The summed E-state index contributed by atoms with van der Waals surface area (Å²) in [6.45, 7) is 1.44. The minimum absolute atomic E-state index is 0. The molecule has 37 heavy (non-hydrogen) atoms. The summed E-state index contributed by atoms with van der Waals surface area (Å²) in [6, 6.07) is 12.4. The molecule has 7 nitrogen and oxygen atoms in total. The predicted molar refractivity (Wildman–Crippen MR) is 134 cm³/mol. The van der Waals surface area contributed by atoms with E-state index in [2.05, 4.69) is 22.4 Å². The highest BCUT2D eigenvalue weighted by Gasteiger charge is 2.41. The van der Waals surface area contributed by atoms with Crippen molar-refractivity contribution in [2.75, 3.05) is 19.7 Å². The number of urea groups is 1. The number of ether oxygens (including phenoxy) is 1. The van der Waals surface area contributed by atoms with Crippen LogP contribution in [0.2, 0.25) is 0 Å². The molecule has 3 aliphatic rings. The zero-order valence-electron chi connectivity index (χ0n) is 20.2. The van der Waals surface area contributed by atoms with Gasteiger partial charge >= 0.3 is 12.1 Å². The van der Waals surface area contributed by atoms with Gasteiger partial charge < -0.3 is 10.1 Å². The molecule has 3 fully saturated rings. The van der Waals surface area contributed by atoms with Gasteiger partial charge in [-0.05, 0) is 67.3 Å². The number of amides is 3. The Kier molecular flexibility index (Phi) is 8.30. The van der Waals surface area contributed by atoms with Crippen LogP contribution in [-0.2, 0) is 4.74 Å². The Hall–Kier alpha value is -3.22. The average molecular weight is 531 g/mol. The number of nitrogens with one attached hydrogen (secondary N) is 1. The fraction of sp³-hybridized carbons (Fsp3) is 0.444. The molecule has 2 heterocycles. The Morgan fingerprint density at radius 1 is 1.05 bits per heavy atom. The third-order valence-electron chi connectivity index (χ3n) is 7.70. The van der Waals surface area contributed by atoms with Crippen molar-refractivity contribution in [1.82, 2.24) is 15.1 Å². The van der Waals surface area contributed by atoms with Crippen LogP contribution in [0.4, 0.5) is 18.4 Å². The molecular weight excluding hydrogens is 502 g/mol. The van der Waals surface area contributed by atoms with Gasteiger partial charge in [0.25, 0.3) is 0 Å². The SMILES string of the molecule is Cl.N#Cc1ccccc1[C@H]1CC[C@@H](N2CC[C@@H](NC(=O)N3C(=O)OC[C@@H]3c3ccc(F)c(F)c3)C2)CC1. The van der Waals surface area contributed by atoms with E-state index in [1.165, 1.54) is 6.07 Å². The molecule has 1 aliphatic carbocycles. The lowest BCUT2D eigenvalue weighted by molar-refractivity contribution is 0.155. The van der Waals surface area contributed by atoms with E-state index in [1.807, 2.05) is 18.2 Å². The zero-order chi connectivity index (χ0) is 25.2. The molecule has 2 atom stereocenters. The van der Waals surface area contributed by atoms with E-state index in [0.29, 0.717) is 24.1 Å². The summed E-state index contributed by atoms with van der Waals surface area (Å²) in [5.41, 5.74) is 2.20. The number of rotatable bonds is 4. The average Bonchev–Trinajstić information content (AvgIpc) is 3.52. The normalized spacial score (nSPS) is 25.8. The van der Waals surface area contributed by atoms with Crippen LogP contribution in [0.5, 0.6) is 0 Å². The van der Waals surface area contributed by atoms with Gasteiger partial charge in [0.1, 0.15) is 12.6 Å². The molecule has 2 aromatic rings. The number of nitrogens with zero attached hydrogens (tertiary/aromatic N) is 3. The number of carbonyl (C=O) groups is 2. The Morgan fingerprint density at radius 3 is 2.54 bits per heavy atom. The van der Waals surface area contributed by atoms with Crippen LogP contribution in [0.15, 0.2) is 42.5 Å². The lowest BCUT2D eigenvalue weighted by atomic mass is 9.80. The molecule has 0 aromatic heterocycles. The number of halogens is 3. The van der Waals surface area contributed by atoms with Gasteiger partial charge in [-0.15, -0.1) is 12.4 Å². The summed E-state index contributed by atoms with van der Waals surface area (Å²) in [5, 5.41) is 12.4. The number of hydrogen-bond donors (Lipinski definition) is 1. The first kappa shape index (κ1) is 26.8. The van der Waals surface area contributed by atoms with Crippen molar-refractivity contribution in [2.45, 2.75) is 56.1 Å². The maximum atomic E-state index is 13.7. The first-order valence-corrected chi connectivity index (χ1v) is 12.4. The first-order chi connectivity index (χ1) is 17.4. The van der Waals surface area contributed by atoms with Gasteiger partial charge in [-0.2, -0.15) is 5.26 Å². The van der Waals surface area contributed by atoms with Crippen LogP contribution in [0.1, 0.15) is 60.8 Å². The monoisotopic (exact) mass is 530 g/mol. The van der Waals surface area contributed by atoms with Crippen molar-refractivity contribution in [1.29, 1.82) is 5.26 Å². The van der Waals surface area contributed by atoms with Gasteiger partial charge in [0.15, 0.2) is 11.6 Å². The lowest BCUT2D eigenvalue weighted by Gasteiger charge is -2.35. The summed E-state index contributed by atoms with van der Waals surface area (Å²) in [4.78, 5) is 28.6. The first-order valence-electron chi connectivity index (χ1n) is 12.4. The highest BCUT2D eigenvalue weighted by atomic mass is 35.5. The largest absolute Gasteiger partial charge is 0.446 e. The highest BCUT2D eigenvalue weighted by molar-refractivity contribution is 5.92. The van der Waals surface area contributed by atoms with Gasteiger partial charge in [0.2, 0.25) is 0 Å². The second kappa shape index (κ2) is 11.4. The molecule has 10 heteroatoms. The topological polar surface area (TPSA) is 85.7 Å². The van der Waals surface area contributed by atoms with Gasteiger partial charge in [0.05, 0.1) is 11.6 Å². The zero-order valence-corrected chi connectivity index (χ0v) is 21.1. The number of cyclic esters (lactones) is 1. The fourth-order valence-electron chi connectivity index (χ4n) is 5.80. The maximum Gasteiger partial charge on any atom is 0.418 e. The smallest absolute Gasteiger partial charge is 0.418 e. The number of carbonyl (C=O) groups excluding carboxylic acids is 2. The van der Waals surface area contributed by atoms with E-state index in [4.69, 9.17) is 4.74 Å². The number of benzene rings is 2. The predicted octanol–water partition coefficient (Wildman–Crippen LogP) is 5.26. The van der Waals surface area contributed by atoms with Crippen LogP contribution >= 0.6 is 12.4 Å². The lowest BCUT2D eigenvalue weighted by Crippen LogP contribution is -2.47. The van der Waals surface area contributed by atoms with E-state index in [-0.39, 0.29) is 25.1 Å². The molecule has 1 N–H and O–H groups in total. The van der Waals surface area contributed by atoms with Crippen molar-refractivity contribution >= 4 is 24.5 Å². The van der Waals surface area contributed by atoms with Crippen molar-refractivity contribution in [3.8, 4) is 6.07 Å². The molecule has 2 saturated heterocycles. The van der Waals surface area contributed by atoms with E-state index < -0.39 is 29.8 Å². The minimum Gasteiger partial charge on any atom is -0.446 e. The second-order valence-corrected chi connectivity index (χ2v) is 9.77. The van der Waals surface area contributed by atoms with Crippen LogP contribution in [0, 0.1) is 23.0 Å². The minimum atomic E-state index is -1.04. The Balaban J connectivity index is 0.00000320. The van der Waals surface area contributed by atoms with Crippen molar-refractivity contribution in [2.24, 2.45) is 0 Å². The number of likely N-dealkylation sites (tertiary alicyclic amines) is 1. The third-order valence-corrected chi connectivity index (χ3v) is 7.70. The summed E-state index contributed by atoms with van der Waals surface area (Å²) in [6.07, 6.45) is 4.07. The second-order valence-electron chi connectivity index (χ2n) is 9.77. The fourth-order valence-corrected chi connectivity index (χ4v) is 5.80. The molecular formula is C27H29ClF2N4O3. The van der Waals surface area contributed by atoms with Crippen molar-refractivity contribution in [3.63, 3.8) is 0 Å². The van der Waals surface area contributed by atoms with Crippen molar-refractivity contribution < 1.29 is 23.1 Å². The molecule has 3 amide bonds. The molecule has 0 bridgehead atoms. The quantitative estimate of drug-likeness (QED) is 0.582. The van der Waals surface area contributed by atoms with Crippen LogP contribution < -0.4 is 5.32 Å². The van der Waals surface area contributed by atoms with Crippen LogP contribution in [0.25, 0.3) is 0 Å². The highest BCUT2D eigenvalue weighted by Crippen LogP contribution is 2.37. The van der Waals surface area contributed by atoms with Gasteiger partial charge in [-0.1, -0.05) is 24.3 Å². The summed E-state index contributed by atoms with van der Waals surface area (Å²) in [5.74, 6) is -1.64. The Bertz CT molecular complexity index is 1200. The summed E-state index contributed by atoms with van der Waals surface area (Å²) < 4.78 is 32.1. The molecule has 196 valence electrons. The van der Waals surface area contributed by atoms with E-state index in [1.54, 1.807) is 0 Å². The standard InChI is InChI=1S/C27H28F2N4O3.ClH/c28-23-10-7-18(13-24(23)29)25-16-36-27(35)33(25)26(34)31-20-11-12-32(15-20)21-8-5-17(6-9-21)22-4-2-1-3-19(22)14-30;/h1-4,7,10,13,17,20-21,25H,5-6,8-9,11-12,15-16H2,(H,31,34);1H/t17-,20-,21+,25-;/m1./s1. The summed E-state index contributed by atoms with van der Waals surface area (Å²) in [7, 11) is 0. The molecule has 0 unspecified atom stereocenters. The number of imide groups is 1. The van der Waals surface area contributed by atoms with E-state index in [0.717, 1.165) is 66.8 Å². The Labute approximate surface area is 220 Å². The Morgan fingerprint density at radius 2 is 1.81 bits per heavy atom. The maximum absolute atomic E-state index is 13.7. The molecule has 2 aliphatic heterocycles. The van der Waals surface area contributed by atoms with E-state index in [9.17, 15) is 23.6 Å². The van der Waals surface area contributed by atoms with Crippen LogP contribution in [0.3, 0.4) is 0 Å². The molecule has 2 aromatic carbocycles. The number of nitriles is 1. The molecule has 5 rings (SSSR count). The van der Waals surface area contributed by atoms with E-state index >= 15 is 0 Å². The number of hydrogen-bond acceptors (Lipinski definition) is 5. The molecule has 1 saturated carbocycles. The third kappa shape index (κ3) is 5.55. The van der Waals surface area contributed by atoms with Gasteiger partial charge in [-0.25, -0.2) is 23.3 Å². The molecule has 0 radical (unpaired) electrons. The van der Waals surface area contributed by atoms with Gasteiger partial charge in [0, 0.05) is 25.2 Å². The van der Waals surface area contributed by atoms with Crippen LogP contribution in [-0.4, -0.2) is 53.7 Å². The summed E-state index contributed by atoms with van der Waals surface area (Å²) >= 11 is 0. The van der Waals surface area contributed by atoms with Crippen molar-refractivity contribution in [3.05, 3.63) is 70.8 Å². The van der Waals surface area contributed by atoms with Gasteiger partial charge in [-0.3, -0.25) is 4.90 Å². The molecule has 0 spiro atoms.